The smallest absolute Gasteiger partial charge is 0.369 e. The maximum Gasteiger partial charge on any atom is 0.416 e. The Bertz CT molecular complexity index is 928. The van der Waals surface area contributed by atoms with Crippen LogP contribution in [0.1, 0.15) is 24.0 Å². The van der Waals surface area contributed by atoms with Gasteiger partial charge in [-0.2, -0.15) is 13.2 Å². The molecule has 0 bridgehead atoms. The fraction of sp³-hybridized carbons (Fsp3) is 0.409. The van der Waals surface area contributed by atoms with Crippen LogP contribution >= 0.6 is 11.3 Å². The highest BCUT2D eigenvalue weighted by atomic mass is 32.1. The number of fused-ring (bicyclic) bond motifs is 1. The number of alkyl halides is 3. The van der Waals surface area contributed by atoms with Crippen molar-refractivity contribution >= 4 is 27.2 Å². The summed E-state index contributed by atoms with van der Waals surface area (Å²) >= 11 is 1.68. The van der Waals surface area contributed by atoms with E-state index >= 15 is 0 Å². The van der Waals surface area contributed by atoms with Crippen LogP contribution in [0.4, 0.5) is 18.9 Å². The van der Waals surface area contributed by atoms with Crippen LogP contribution in [0.15, 0.2) is 48.0 Å². The van der Waals surface area contributed by atoms with Crippen LogP contribution in [0.25, 0.3) is 10.2 Å². The molecule has 2 aromatic carbocycles. The van der Waals surface area contributed by atoms with Gasteiger partial charge in [0.15, 0.2) is 0 Å². The first-order chi connectivity index (χ1) is 14.0. The van der Waals surface area contributed by atoms with Crippen LogP contribution in [0.5, 0.6) is 0 Å². The number of hydrogen-bond donors (Lipinski definition) is 0. The number of hydrogen-bond acceptors (Lipinski definition) is 4. The van der Waals surface area contributed by atoms with E-state index in [-0.39, 0.29) is 0 Å². The summed E-state index contributed by atoms with van der Waals surface area (Å²) in [5, 5.41) is 0. The summed E-state index contributed by atoms with van der Waals surface area (Å²) in [4.78, 5) is 9.25. The van der Waals surface area contributed by atoms with Gasteiger partial charge in [0.2, 0.25) is 0 Å². The highest BCUT2D eigenvalue weighted by molar-refractivity contribution is 7.16. The molecule has 1 fully saturated rings. The zero-order valence-electron chi connectivity index (χ0n) is 16.2. The van der Waals surface area contributed by atoms with E-state index in [2.05, 4.69) is 33.0 Å². The largest absolute Gasteiger partial charge is 0.416 e. The standard InChI is InChI=1S/C22H24F3N3S/c23-22(24,25)18-6-4-17(5-7-18)3-1-2-10-27-11-13-28(14-12-27)19-8-9-20-21(15-19)29-16-26-20/h4-9,15-16H,1-3,10-14H2. The van der Waals surface area contributed by atoms with E-state index in [1.54, 1.807) is 23.5 Å². The monoisotopic (exact) mass is 419 g/mol. The Morgan fingerprint density at radius 2 is 1.69 bits per heavy atom. The van der Waals surface area contributed by atoms with Crippen molar-refractivity contribution in [3.05, 3.63) is 59.1 Å². The molecule has 0 radical (unpaired) electrons. The van der Waals surface area contributed by atoms with Crippen LogP contribution in [-0.4, -0.2) is 42.6 Å². The van der Waals surface area contributed by atoms with E-state index < -0.39 is 11.7 Å². The molecule has 0 unspecified atom stereocenters. The van der Waals surface area contributed by atoms with Crippen molar-refractivity contribution in [2.75, 3.05) is 37.6 Å². The lowest BCUT2D eigenvalue weighted by Gasteiger charge is -2.36. The number of aryl methyl sites for hydroxylation is 1. The number of nitrogens with zero attached hydrogens (tertiary/aromatic N) is 3. The molecule has 1 aliphatic heterocycles. The van der Waals surface area contributed by atoms with Crippen molar-refractivity contribution in [1.29, 1.82) is 0 Å². The molecule has 0 saturated carbocycles. The molecule has 0 amide bonds. The lowest BCUT2D eigenvalue weighted by Crippen LogP contribution is -2.46. The maximum atomic E-state index is 12.6. The number of unbranched alkanes of at least 4 members (excludes halogenated alkanes) is 1. The molecule has 1 aromatic heterocycles. The molecule has 7 heteroatoms. The van der Waals surface area contributed by atoms with Gasteiger partial charge in [-0.15, -0.1) is 11.3 Å². The molecular weight excluding hydrogens is 395 g/mol. The van der Waals surface area contributed by atoms with E-state index in [0.717, 1.165) is 63.1 Å². The highest BCUT2D eigenvalue weighted by Crippen LogP contribution is 2.29. The Hall–Kier alpha value is -2.12. The van der Waals surface area contributed by atoms with E-state index in [4.69, 9.17) is 0 Å². The summed E-state index contributed by atoms with van der Waals surface area (Å²) in [6, 6.07) is 12.0. The second-order valence-electron chi connectivity index (χ2n) is 7.48. The summed E-state index contributed by atoms with van der Waals surface area (Å²) in [6.45, 7) is 5.16. The van der Waals surface area contributed by atoms with Gasteiger partial charge >= 0.3 is 6.18 Å². The summed E-state index contributed by atoms with van der Waals surface area (Å²) in [7, 11) is 0. The molecule has 1 aliphatic rings. The predicted molar refractivity (Wildman–Crippen MR) is 113 cm³/mol. The van der Waals surface area contributed by atoms with Crippen molar-refractivity contribution in [3.8, 4) is 0 Å². The zero-order chi connectivity index (χ0) is 20.3. The van der Waals surface area contributed by atoms with Crippen LogP contribution in [0.3, 0.4) is 0 Å². The maximum absolute atomic E-state index is 12.6. The molecule has 3 nitrogen and oxygen atoms in total. The van der Waals surface area contributed by atoms with Gasteiger partial charge in [-0.3, -0.25) is 4.90 Å². The molecule has 2 heterocycles. The number of thiazole rings is 1. The second-order valence-corrected chi connectivity index (χ2v) is 8.37. The lowest BCUT2D eigenvalue weighted by atomic mass is 10.1. The molecule has 3 aromatic rings. The van der Waals surface area contributed by atoms with Gasteiger partial charge in [-0.25, -0.2) is 4.98 Å². The summed E-state index contributed by atoms with van der Waals surface area (Å²) in [6.07, 6.45) is -1.37. The fourth-order valence-corrected chi connectivity index (χ4v) is 4.51. The Balaban J connectivity index is 1.18. The van der Waals surface area contributed by atoms with Crippen molar-refractivity contribution in [2.45, 2.75) is 25.4 Å². The van der Waals surface area contributed by atoms with Gasteiger partial charge in [0.1, 0.15) is 0 Å². The van der Waals surface area contributed by atoms with Crippen LogP contribution in [0, 0.1) is 0 Å². The summed E-state index contributed by atoms with van der Waals surface area (Å²) in [5.41, 5.74) is 4.61. The molecule has 0 spiro atoms. The SMILES string of the molecule is FC(F)(F)c1ccc(CCCCN2CCN(c3ccc4ncsc4c3)CC2)cc1. The number of benzene rings is 2. The number of piperazine rings is 1. The van der Waals surface area contributed by atoms with Crippen LogP contribution in [-0.2, 0) is 12.6 Å². The van der Waals surface area contributed by atoms with Crippen LogP contribution < -0.4 is 4.90 Å². The fourth-order valence-electron chi connectivity index (χ4n) is 3.80. The topological polar surface area (TPSA) is 19.4 Å². The van der Waals surface area contributed by atoms with Gasteiger partial charge in [0.05, 0.1) is 21.3 Å². The Kier molecular flexibility index (Phi) is 6.06. The number of aromatic nitrogens is 1. The highest BCUT2D eigenvalue weighted by Gasteiger charge is 2.29. The summed E-state index contributed by atoms with van der Waals surface area (Å²) in [5.74, 6) is 0. The first kappa shape index (κ1) is 20.2. The van der Waals surface area contributed by atoms with Gasteiger partial charge in [0, 0.05) is 31.9 Å². The number of rotatable bonds is 6. The number of halogens is 3. The molecule has 154 valence electrons. The van der Waals surface area contributed by atoms with Gasteiger partial charge in [-0.05, 0) is 61.7 Å². The van der Waals surface area contributed by atoms with E-state index in [9.17, 15) is 13.2 Å². The first-order valence-corrected chi connectivity index (χ1v) is 10.8. The van der Waals surface area contributed by atoms with E-state index in [1.165, 1.54) is 22.5 Å². The Morgan fingerprint density at radius 3 is 2.41 bits per heavy atom. The molecular formula is C22H24F3N3S. The normalized spacial score (nSPS) is 15.9. The third-order valence-electron chi connectivity index (χ3n) is 5.52. The predicted octanol–water partition coefficient (Wildman–Crippen LogP) is 5.46. The molecule has 0 aliphatic carbocycles. The van der Waals surface area contributed by atoms with Crippen LogP contribution in [0.2, 0.25) is 0 Å². The molecule has 4 rings (SSSR count). The van der Waals surface area contributed by atoms with Gasteiger partial charge < -0.3 is 4.90 Å². The first-order valence-electron chi connectivity index (χ1n) is 9.96. The van der Waals surface area contributed by atoms with Gasteiger partial charge in [-0.1, -0.05) is 12.1 Å². The minimum absolute atomic E-state index is 0.575. The average Bonchev–Trinajstić information content (AvgIpc) is 3.19. The summed E-state index contributed by atoms with van der Waals surface area (Å²) < 4.78 is 39.1. The second kappa shape index (κ2) is 8.71. The minimum Gasteiger partial charge on any atom is -0.369 e. The van der Waals surface area contributed by atoms with E-state index in [1.807, 2.05) is 5.51 Å². The molecule has 0 N–H and O–H groups in total. The van der Waals surface area contributed by atoms with E-state index in [0.29, 0.717) is 0 Å². The van der Waals surface area contributed by atoms with Crippen molar-refractivity contribution in [2.24, 2.45) is 0 Å². The molecule has 29 heavy (non-hydrogen) atoms. The Morgan fingerprint density at radius 1 is 0.931 bits per heavy atom. The van der Waals surface area contributed by atoms with Crippen molar-refractivity contribution in [3.63, 3.8) is 0 Å². The number of anilines is 1. The van der Waals surface area contributed by atoms with Crippen molar-refractivity contribution < 1.29 is 13.2 Å². The third kappa shape index (κ3) is 5.08. The third-order valence-corrected chi connectivity index (χ3v) is 6.32. The average molecular weight is 420 g/mol. The van der Waals surface area contributed by atoms with Gasteiger partial charge in [0.25, 0.3) is 0 Å². The Labute approximate surface area is 172 Å². The molecule has 0 atom stereocenters. The molecule has 1 saturated heterocycles. The minimum atomic E-state index is -4.26. The lowest BCUT2D eigenvalue weighted by molar-refractivity contribution is -0.137. The van der Waals surface area contributed by atoms with Crippen molar-refractivity contribution in [1.82, 2.24) is 9.88 Å². The zero-order valence-corrected chi connectivity index (χ0v) is 17.0. The quantitative estimate of drug-likeness (QED) is 0.495.